The number of hydrogen-bond donors (Lipinski definition) is 0. The monoisotopic (exact) mass is 390 g/mol. The van der Waals surface area contributed by atoms with Crippen LogP contribution < -0.4 is 4.74 Å². The fourth-order valence-corrected chi connectivity index (χ4v) is 3.77. The Morgan fingerprint density at radius 2 is 1.88 bits per heavy atom. The molecule has 0 radical (unpaired) electrons. The molecule has 8 heteroatoms. The van der Waals surface area contributed by atoms with Crippen LogP contribution in [0.1, 0.15) is 6.92 Å². The van der Waals surface area contributed by atoms with Crippen molar-refractivity contribution in [3.63, 3.8) is 0 Å². The summed E-state index contributed by atoms with van der Waals surface area (Å²) >= 11 is 13.7. The first kappa shape index (κ1) is 16.3. The number of halogens is 2. The van der Waals surface area contributed by atoms with E-state index < -0.39 is 0 Å². The molecule has 0 atom stereocenters. The summed E-state index contributed by atoms with van der Waals surface area (Å²) in [6.07, 6.45) is 0. The van der Waals surface area contributed by atoms with Gasteiger partial charge < -0.3 is 4.74 Å². The molecule has 0 saturated carbocycles. The second-order valence-corrected chi connectivity index (χ2v) is 7.01. The Hall–Kier alpha value is -2.15. The Bertz CT molecular complexity index is 1040. The first-order chi connectivity index (χ1) is 12.2. The third kappa shape index (κ3) is 3.08. The number of benzene rings is 2. The molecule has 0 bridgehead atoms. The maximum Gasteiger partial charge on any atom is 0.235 e. The molecule has 4 rings (SSSR count). The lowest BCUT2D eigenvalue weighted by molar-refractivity contribution is 0.340. The highest BCUT2D eigenvalue weighted by Crippen LogP contribution is 2.32. The zero-order chi connectivity index (χ0) is 17.4. The van der Waals surface area contributed by atoms with Crippen molar-refractivity contribution in [2.45, 2.75) is 6.92 Å². The SMILES string of the molecule is CCOc1ccc(-c2nn3c(-c4ccc(Cl)cc4Cl)nnc3s2)cc1. The lowest BCUT2D eigenvalue weighted by atomic mass is 10.2. The van der Waals surface area contributed by atoms with E-state index in [2.05, 4.69) is 15.3 Å². The van der Waals surface area contributed by atoms with Crippen molar-refractivity contribution in [2.75, 3.05) is 6.61 Å². The second-order valence-electron chi connectivity index (χ2n) is 5.21. The third-order valence-electron chi connectivity index (χ3n) is 3.58. The van der Waals surface area contributed by atoms with Crippen LogP contribution >= 0.6 is 34.5 Å². The lowest BCUT2D eigenvalue weighted by Crippen LogP contribution is -1.92. The number of nitrogens with zero attached hydrogens (tertiary/aromatic N) is 4. The first-order valence-corrected chi connectivity index (χ1v) is 9.14. The predicted octanol–water partition coefficient (Wildman–Crippen LogP) is 5.23. The minimum absolute atomic E-state index is 0.511. The molecule has 5 nitrogen and oxygen atoms in total. The van der Waals surface area contributed by atoms with Crippen LogP contribution in [-0.4, -0.2) is 26.4 Å². The molecule has 0 aliphatic heterocycles. The van der Waals surface area contributed by atoms with E-state index in [4.69, 9.17) is 27.9 Å². The highest BCUT2D eigenvalue weighted by Gasteiger charge is 2.16. The smallest absolute Gasteiger partial charge is 0.235 e. The minimum atomic E-state index is 0.511. The molecule has 0 aliphatic rings. The van der Waals surface area contributed by atoms with Crippen LogP contribution in [0.5, 0.6) is 5.75 Å². The predicted molar refractivity (Wildman–Crippen MR) is 101 cm³/mol. The van der Waals surface area contributed by atoms with Gasteiger partial charge in [-0.3, -0.25) is 0 Å². The van der Waals surface area contributed by atoms with E-state index in [1.165, 1.54) is 11.3 Å². The van der Waals surface area contributed by atoms with Crippen LogP contribution in [0, 0.1) is 0 Å². The average molecular weight is 391 g/mol. The Kier molecular flexibility index (Phi) is 4.33. The molecule has 2 aromatic carbocycles. The molecule has 0 aliphatic carbocycles. The molecule has 0 saturated heterocycles. The van der Waals surface area contributed by atoms with Gasteiger partial charge in [0.25, 0.3) is 0 Å². The van der Waals surface area contributed by atoms with Gasteiger partial charge in [0.2, 0.25) is 4.96 Å². The molecule has 0 unspecified atom stereocenters. The Labute approximate surface area is 157 Å². The molecule has 2 heterocycles. The lowest BCUT2D eigenvalue weighted by Gasteiger charge is -2.03. The Balaban J connectivity index is 1.75. The zero-order valence-corrected chi connectivity index (χ0v) is 15.4. The summed E-state index contributed by atoms with van der Waals surface area (Å²) in [5.41, 5.74) is 1.73. The highest BCUT2D eigenvalue weighted by molar-refractivity contribution is 7.19. The summed E-state index contributed by atoms with van der Waals surface area (Å²) < 4.78 is 7.17. The molecule has 4 aromatic rings. The van der Waals surface area contributed by atoms with Crippen molar-refractivity contribution in [3.8, 4) is 27.7 Å². The van der Waals surface area contributed by atoms with Gasteiger partial charge in [-0.1, -0.05) is 34.5 Å². The van der Waals surface area contributed by atoms with Crippen LogP contribution in [0.3, 0.4) is 0 Å². The van der Waals surface area contributed by atoms with Gasteiger partial charge in [-0.05, 0) is 49.4 Å². The van der Waals surface area contributed by atoms with Crippen LogP contribution in [-0.2, 0) is 0 Å². The highest BCUT2D eigenvalue weighted by atomic mass is 35.5. The number of hydrogen-bond acceptors (Lipinski definition) is 5. The molecule has 2 aromatic heterocycles. The first-order valence-electron chi connectivity index (χ1n) is 7.56. The fraction of sp³-hybridized carbons (Fsp3) is 0.118. The summed E-state index contributed by atoms with van der Waals surface area (Å²) in [7, 11) is 0. The maximum absolute atomic E-state index is 6.29. The summed E-state index contributed by atoms with van der Waals surface area (Å²) in [4.78, 5) is 0.699. The van der Waals surface area contributed by atoms with E-state index in [-0.39, 0.29) is 0 Å². The van der Waals surface area contributed by atoms with Crippen LogP contribution in [0.25, 0.3) is 26.9 Å². The normalized spacial score (nSPS) is 11.2. The molecule has 0 spiro atoms. The zero-order valence-electron chi connectivity index (χ0n) is 13.1. The van der Waals surface area contributed by atoms with Crippen LogP contribution in [0.4, 0.5) is 0 Å². The van der Waals surface area contributed by atoms with Gasteiger partial charge in [-0.2, -0.15) is 9.61 Å². The molecule has 25 heavy (non-hydrogen) atoms. The Morgan fingerprint density at radius 1 is 1.08 bits per heavy atom. The molecule has 0 N–H and O–H groups in total. The van der Waals surface area contributed by atoms with Gasteiger partial charge in [0.1, 0.15) is 10.8 Å². The van der Waals surface area contributed by atoms with Crippen molar-refractivity contribution < 1.29 is 4.74 Å². The summed E-state index contributed by atoms with van der Waals surface area (Å²) in [5, 5.41) is 15.0. The summed E-state index contributed by atoms with van der Waals surface area (Å²) in [6.45, 7) is 2.60. The van der Waals surface area contributed by atoms with Gasteiger partial charge in [-0.25, -0.2) is 0 Å². The fourth-order valence-electron chi connectivity index (χ4n) is 2.43. The van der Waals surface area contributed by atoms with Crippen molar-refractivity contribution in [1.29, 1.82) is 0 Å². The number of rotatable bonds is 4. The van der Waals surface area contributed by atoms with Crippen LogP contribution in [0.2, 0.25) is 10.0 Å². The van der Waals surface area contributed by atoms with E-state index in [9.17, 15) is 0 Å². The van der Waals surface area contributed by atoms with Gasteiger partial charge in [0.15, 0.2) is 5.82 Å². The Morgan fingerprint density at radius 3 is 2.60 bits per heavy atom. The van der Waals surface area contributed by atoms with Crippen molar-refractivity contribution in [1.82, 2.24) is 19.8 Å². The quantitative estimate of drug-likeness (QED) is 0.478. The van der Waals surface area contributed by atoms with E-state index in [1.54, 1.807) is 16.6 Å². The number of fused-ring (bicyclic) bond motifs is 1. The standard InChI is InChI=1S/C17H12Cl2N4OS/c1-2-24-12-6-3-10(4-7-12)16-22-23-15(20-21-17(23)25-16)13-8-5-11(18)9-14(13)19/h3-9H,2H2,1H3. The largest absolute Gasteiger partial charge is 0.494 e. The van der Waals surface area contributed by atoms with E-state index in [0.717, 1.165) is 21.9 Å². The van der Waals surface area contributed by atoms with Crippen molar-refractivity contribution in [3.05, 3.63) is 52.5 Å². The van der Waals surface area contributed by atoms with Gasteiger partial charge in [0.05, 0.1) is 11.6 Å². The molecule has 0 amide bonds. The van der Waals surface area contributed by atoms with E-state index in [0.29, 0.717) is 27.4 Å². The van der Waals surface area contributed by atoms with Crippen LogP contribution in [0.15, 0.2) is 42.5 Å². The number of ether oxygens (including phenoxy) is 1. The van der Waals surface area contributed by atoms with Crippen molar-refractivity contribution in [2.24, 2.45) is 0 Å². The molecule has 0 fully saturated rings. The second kappa shape index (κ2) is 6.63. The average Bonchev–Trinajstić information content (AvgIpc) is 3.17. The minimum Gasteiger partial charge on any atom is -0.494 e. The molecular weight excluding hydrogens is 379 g/mol. The number of aromatic nitrogens is 4. The van der Waals surface area contributed by atoms with Gasteiger partial charge >= 0.3 is 0 Å². The molecule has 126 valence electrons. The molecular formula is C17H12Cl2N4OS. The maximum atomic E-state index is 6.29. The van der Waals surface area contributed by atoms with E-state index >= 15 is 0 Å². The van der Waals surface area contributed by atoms with Gasteiger partial charge in [0, 0.05) is 16.1 Å². The third-order valence-corrected chi connectivity index (χ3v) is 5.07. The summed E-state index contributed by atoms with van der Waals surface area (Å²) in [5.74, 6) is 1.42. The van der Waals surface area contributed by atoms with Crippen molar-refractivity contribution >= 4 is 39.5 Å². The summed E-state index contributed by atoms with van der Waals surface area (Å²) in [6, 6.07) is 13.1. The topological polar surface area (TPSA) is 52.3 Å². The van der Waals surface area contributed by atoms with Gasteiger partial charge in [-0.15, -0.1) is 10.2 Å². The van der Waals surface area contributed by atoms with E-state index in [1.807, 2.05) is 37.3 Å².